The van der Waals surface area contributed by atoms with E-state index in [0.29, 0.717) is 6.61 Å². The van der Waals surface area contributed by atoms with E-state index in [1.54, 1.807) is 0 Å². The number of aryl methyl sites for hydroxylation is 1. The predicted molar refractivity (Wildman–Crippen MR) is 44.3 cm³/mol. The fourth-order valence-electron chi connectivity index (χ4n) is 1.31. The van der Waals surface area contributed by atoms with E-state index >= 15 is 0 Å². The van der Waals surface area contributed by atoms with Crippen molar-refractivity contribution in [3.8, 4) is 0 Å². The molecule has 0 spiro atoms. The molecule has 0 aromatic carbocycles. The minimum atomic E-state index is 0.661. The summed E-state index contributed by atoms with van der Waals surface area (Å²) < 4.78 is 8.21. The molecule has 0 N–H and O–H groups in total. The van der Waals surface area contributed by atoms with Gasteiger partial charge in [-0.25, -0.2) is 0 Å². The van der Waals surface area contributed by atoms with Crippen molar-refractivity contribution in [1.82, 2.24) is 9.78 Å². The second-order valence-electron chi connectivity index (χ2n) is 2.64. The van der Waals surface area contributed by atoms with Gasteiger partial charge in [0, 0.05) is 19.0 Å². The highest BCUT2D eigenvalue weighted by Crippen LogP contribution is 2.23. The van der Waals surface area contributed by atoms with Gasteiger partial charge in [-0.1, -0.05) is 0 Å². The van der Waals surface area contributed by atoms with Crippen LogP contribution in [0.15, 0.2) is 4.60 Å². The lowest BCUT2D eigenvalue weighted by atomic mass is 10.2. The molecule has 0 saturated heterocycles. The van der Waals surface area contributed by atoms with E-state index in [2.05, 4.69) is 21.0 Å². The van der Waals surface area contributed by atoms with Gasteiger partial charge in [0.1, 0.15) is 4.60 Å². The third-order valence-electron chi connectivity index (χ3n) is 1.89. The minimum Gasteiger partial charge on any atom is -0.375 e. The van der Waals surface area contributed by atoms with Gasteiger partial charge in [-0.3, -0.25) is 4.68 Å². The lowest BCUT2D eigenvalue weighted by Gasteiger charge is -2.09. The number of nitrogens with zero attached hydrogens (tertiary/aromatic N) is 2. The number of hydrogen-bond acceptors (Lipinski definition) is 2. The molecule has 0 unspecified atom stereocenters. The van der Waals surface area contributed by atoms with Gasteiger partial charge in [0.25, 0.3) is 0 Å². The first kappa shape index (κ1) is 7.31. The van der Waals surface area contributed by atoms with Gasteiger partial charge in [-0.05, 0) is 15.9 Å². The van der Waals surface area contributed by atoms with Crippen molar-refractivity contribution in [1.29, 1.82) is 0 Å². The van der Waals surface area contributed by atoms with Gasteiger partial charge >= 0.3 is 0 Å². The Balaban J connectivity index is 2.50. The van der Waals surface area contributed by atoms with Crippen LogP contribution < -0.4 is 0 Å². The van der Waals surface area contributed by atoms with Crippen molar-refractivity contribution >= 4 is 15.9 Å². The summed E-state index contributed by atoms with van der Waals surface area (Å²) >= 11 is 3.48. The lowest BCUT2D eigenvalue weighted by Crippen LogP contribution is -2.08. The van der Waals surface area contributed by atoms with E-state index in [1.165, 1.54) is 5.56 Å². The van der Waals surface area contributed by atoms with Crippen LogP contribution in [0.4, 0.5) is 0 Å². The molecular weight excluding hydrogens is 208 g/mol. The quantitative estimate of drug-likeness (QED) is 0.654. The van der Waals surface area contributed by atoms with Crippen LogP contribution >= 0.6 is 15.9 Å². The predicted octanol–water partition coefficient (Wildman–Crippen LogP) is 1.26. The number of hydrogen-bond donors (Lipinski definition) is 0. The molecule has 4 heteroatoms. The maximum atomic E-state index is 5.27. The molecule has 11 heavy (non-hydrogen) atoms. The van der Waals surface area contributed by atoms with Crippen LogP contribution in [0.5, 0.6) is 0 Å². The van der Waals surface area contributed by atoms with Crippen LogP contribution in [0.1, 0.15) is 11.3 Å². The van der Waals surface area contributed by atoms with Crippen molar-refractivity contribution in [2.75, 3.05) is 6.61 Å². The zero-order valence-corrected chi connectivity index (χ0v) is 7.89. The van der Waals surface area contributed by atoms with Crippen LogP contribution in [0.2, 0.25) is 0 Å². The summed E-state index contributed by atoms with van der Waals surface area (Å²) in [7, 11) is 1.93. The fraction of sp³-hybridized carbons (Fsp3) is 0.571. The molecule has 1 aromatic rings. The monoisotopic (exact) mass is 216 g/mol. The smallest absolute Gasteiger partial charge is 0.107 e. The SMILES string of the molecule is Cn1nc2c(c1Br)CCOC2. The van der Waals surface area contributed by atoms with Crippen molar-refractivity contribution in [2.24, 2.45) is 7.05 Å². The Labute approximate surface area is 73.5 Å². The summed E-state index contributed by atoms with van der Waals surface area (Å²) in [4.78, 5) is 0. The van der Waals surface area contributed by atoms with Crippen molar-refractivity contribution in [3.05, 3.63) is 15.9 Å². The molecule has 1 aliphatic rings. The first-order chi connectivity index (χ1) is 5.29. The van der Waals surface area contributed by atoms with Crippen molar-refractivity contribution < 1.29 is 4.74 Å². The summed E-state index contributed by atoms with van der Waals surface area (Å²) in [6, 6.07) is 0. The average Bonchev–Trinajstić information content (AvgIpc) is 2.30. The van der Waals surface area contributed by atoms with Gasteiger partial charge in [0.15, 0.2) is 0 Å². The first-order valence-electron chi connectivity index (χ1n) is 3.57. The molecule has 3 nitrogen and oxygen atoms in total. The summed E-state index contributed by atoms with van der Waals surface area (Å²) in [5.74, 6) is 0. The Morgan fingerprint density at radius 1 is 1.64 bits per heavy atom. The second kappa shape index (κ2) is 2.60. The Bertz CT molecular complexity index is 282. The third kappa shape index (κ3) is 1.10. The number of halogens is 1. The van der Waals surface area contributed by atoms with Crippen LogP contribution in [0.3, 0.4) is 0 Å². The zero-order valence-electron chi connectivity index (χ0n) is 6.30. The molecule has 2 rings (SSSR count). The van der Waals surface area contributed by atoms with Crippen LogP contribution in [0.25, 0.3) is 0 Å². The number of rotatable bonds is 0. The molecule has 0 bridgehead atoms. The van der Waals surface area contributed by atoms with E-state index in [0.717, 1.165) is 23.3 Å². The molecule has 60 valence electrons. The number of fused-ring (bicyclic) bond motifs is 1. The topological polar surface area (TPSA) is 27.1 Å². The highest BCUT2D eigenvalue weighted by molar-refractivity contribution is 9.10. The largest absolute Gasteiger partial charge is 0.375 e. The highest BCUT2D eigenvalue weighted by atomic mass is 79.9. The van der Waals surface area contributed by atoms with Crippen molar-refractivity contribution in [2.45, 2.75) is 13.0 Å². The van der Waals surface area contributed by atoms with E-state index in [4.69, 9.17) is 4.74 Å². The Kier molecular flexibility index (Phi) is 1.73. The fourth-order valence-corrected chi connectivity index (χ4v) is 1.81. The van der Waals surface area contributed by atoms with Gasteiger partial charge < -0.3 is 4.74 Å². The molecule has 0 radical (unpaired) electrons. The summed E-state index contributed by atoms with van der Waals surface area (Å²) in [6.07, 6.45) is 0.976. The van der Waals surface area contributed by atoms with Gasteiger partial charge in [-0.15, -0.1) is 0 Å². The van der Waals surface area contributed by atoms with Crippen LogP contribution in [-0.2, 0) is 24.8 Å². The molecule has 2 heterocycles. The summed E-state index contributed by atoms with van der Waals surface area (Å²) in [6.45, 7) is 1.48. The molecule has 0 fully saturated rings. The number of ether oxygens (including phenoxy) is 1. The minimum absolute atomic E-state index is 0.661. The second-order valence-corrected chi connectivity index (χ2v) is 3.39. The number of aromatic nitrogens is 2. The van der Waals surface area contributed by atoms with E-state index in [1.807, 2.05) is 11.7 Å². The normalized spacial score (nSPS) is 16.5. The Hall–Kier alpha value is -0.350. The molecule has 0 aliphatic carbocycles. The van der Waals surface area contributed by atoms with E-state index < -0.39 is 0 Å². The Morgan fingerprint density at radius 2 is 2.45 bits per heavy atom. The standard InChI is InChI=1S/C7H9BrN2O/c1-10-7(8)5-2-3-11-4-6(5)9-10/h2-4H2,1H3. The summed E-state index contributed by atoms with van der Waals surface area (Å²) in [5, 5.41) is 4.30. The maximum absolute atomic E-state index is 5.27. The molecule has 0 saturated carbocycles. The van der Waals surface area contributed by atoms with E-state index in [-0.39, 0.29) is 0 Å². The van der Waals surface area contributed by atoms with E-state index in [9.17, 15) is 0 Å². The van der Waals surface area contributed by atoms with Gasteiger partial charge in [-0.2, -0.15) is 5.10 Å². The van der Waals surface area contributed by atoms with Gasteiger partial charge in [0.2, 0.25) is 0 Å². The molecule has 0 atom stereocenters. The lowest BCUT2D eigenvalue weighted by molar-refractivity contribution is 0.108. The summed E-state index contributed by atoms with van der Waals surface area (Å²) in [5.41, 5.74) is 2.38. The molecule has 1 aliphatic heterocycles. The Morgan fingerprint density at radius 3 is 3.18 bits per heavy atom. The average molecular weight is 217 g/mol. The van der Waals surface area contributed by atoms with Crippen molar-refractivity contribution in [3.63, 3.8) is 0 Å². The zero-order chi connectivity index (χ0) is 7.84. The van der Waals surface area contributed by atoms with Crippen LogP contribution in [0, 0.1) is 0 Å². The highest BCUT2D eigenvalue weighted by Gasteiger charge is 2.17. The maximum Gasteiger partial charge on any atom is 0.107 e. The van der Waals surface area contributed by atoms with Gasteiger partial charge in [0.05, 0.1) is 18.9 Å². The molecular formula is C7H9BrN2O. The first-order valence-corrected chi connectivity index (χ1v) is 4.36. The molecule has 1 aromatic heterocycles. The third-order valence-corrected chi connectivity index (χ3v) is 2.88. The van der Waals surface area contributed by atoms with Crippen LogP contribution in [-0.4, -0.2) is 16.4 Å². The molecule has 0 amide bonds.